The molecule has 0 aliphatic carbocycles. The number of halogens is 3. The maximum atomic E-state index is 13.6. The number of methoxy groups -OCH3 is 1. The molecular formula is C14H19F3N3O3+. The van der Waals surface area contributed by atoms with Crippen LogP contribution in [0.15, 0.2) is 24.4 Å². The molecule has 1 atom stereocenters. The number of carbonyl (C=O) groups is 2. The highest BCUT2D eigenvalue weighted by Gasteiger charge is 2.67. The molecule has 128 valence electrons. The Balaban J connectivity index is 3.25. The van der Waals surface area contributed by atoms with Crippen LogP contribution in [0, 0.1) is 5.92 Å². The molecule has 0 aliphatic heterocycles. The molecule has 0 fully saturated rings. The van der Waals surface area contributed by atoms with Crippen molar-refractivity contribution in [2.24, 2.45) is 5.92 Å². The first-order chi connectivity index (χ1) is 10.6. The number of alkyl halides is 3. The van der Waals surface area contributed by atoms with Crippen LogP contribution in [0.2, 0.25) is 0 Å². The van der Waals surface area contributed by atoms with Gasteiger partial charge in [0.1, 0.15) is 0 Å². The fourth-order valence-corrected chi connectivity index (χ4v) is 1.85. The molecule has 0 saturated carbocycles. The van der Waals surface area contributed by atoms with Gasteiger partial charge in [-0.05, 0) is 12.0 Å². The number of carbonyl (C=O) groups excluding carboxylic acids is 2. The van der Waals surface area contributed by atoms with Crippen molar-refractivity contribution < 1.29 is 32.5 Å². The van der Waals surface area contributed by atoms with Crippen molar-refractivity contribution in [3.8, 4) is 0 Å². The predicted octanol–water partition coefficient (Wildman–Crippen LogP) is 1.51. The van der Waals surface area contributed by atoms with Crippen LogP contribution in [0.5, 0.6) is 0 Å². The van der Waals surface area contributed by atoms with Crippen LogP contribution in [-0.2, 0) is 14.3 Å². The third-order valence-corrected chi connectivity index (χ3v) is 2.87. The Kier molecular flexibility index (Phi) is 5.94. The molecule has 3 N–H and O–H groups in total. The van der Waals surface area contributed by atoms with E-state index in [-0.39, 0.29) is 18.2 Å². The molecule has 0 spiro atoms. The van der Waals surface area contributed by atoms with E-state index in [1.54, 1.807) is 25.2 Å². The summed E-state index contributed by atoms with van der Waals surface area (Å²) in [6.07, 6.45) is -3.93. The van der Waals surface area contributed by atoms with E-state index in [1.165, 1.54) is 18.3 Å². The number of pyridine rings is 1. The number of esters is 1. The van der Waals surface area contributed by atoms with Crippen LogP contribution < -0.4 is 15.6 Å². The van der Waals surface area contributed by atoms with Gasteiger partial charge in [0.2, 0.25) is 5.91 Å². The summed E-state index contributed by atoms with van der Waals surface area (Å²) in [5.74, 6) is -2.88. The number of hydrogen-bond acceptors (Lipinski definition) is 4. The molecule has 0 aromatic carbocycles. The van der Waals surface area contributed by atoms with Gasteiger partial charge >= 0.3 is 17.8 Å². The summed E-state index contributed by atoms with van der Waals surface area (Å²) in [5.41, 5.74) is -3.38. The minimum atomic E-state index is -5.13. The number of aromatic nitrogens is 1. The molecule has 0 unspecified atom stereocenters. The van der Waals surface area contributed by atoms with Crippen molar-refractivity contribution >= 4 is 17.7 Å². The van der Waals surface area contributed by atoms with Gasteiger partial charge in [0.25, 0.3) is 5.82 Å². The zero-order valence-electron chi connectivity index (χ0n) is 13.0. The van der Waals surface area contributed by atoms with Crippen LogP contribution in [0.1, 0.15) is 20.3 Å². The molecule has 0 bridgehead atoms. The highest BCUT2D eigenvalue weighted by Crippen LogP contribution is 2.32. The molecule has 1 aromatic rings. The summed E-state index contributed by atoms with van der Waals surface area (Å²) in [5, 5.41) is 3.73. The van der Waals surface area contributed by atoms with Crippen molar-refractivity contribution in [2.75, 3.05) is 12.4 Å². The summed E-state index contributed by atoms with van der Waals surface area (Å²) in [6, 6.07) is 4.31. The minimum absolute atomic E-state index is 0.111. The number of hydrogen-bond donors (Lipinski definition) is 2. The van der Waals surface area contributed by atoms with Crippen LogP contribution in [0.4, 0.5) is 19.0 Å². The molecular weight excluding hydrogens is 315 g/mol. The highest BCUT2D eigenvalue weighted by molar-refractivity contribution is 5.91. The van der Waals surface area contributed by atoms with E-state index in [1.807, 2.05) is 5.32 Å². The second-order valence-corrected chi connectivity index (χ2v) is 5.29. The molecule has 1 rings (SSSR count). The largest absolute Gasteiger partial charge is 0.464 e. The van der Waals surface area contributed by atoms with E-state index in [0.29, 0.717) is 0 Å². The minimum Gasteiger partial charge on any atom is -0.464 e. The van der Waals surface area contributed by atoms with E-state index < -0.39 is 23.7 Å². The topological polar surface area (TPSA) is 81.6 Å². The lowest BCUT2D eigenvalue weighted by Crippen LogP contribution is -2.69. The maximum Gasteiger partial charge on any atom is 0.464 e. The zero-order chi connectivity index (χ0) is 17.7. The van der Waals surface area contributed by atoms with Crippen LogP contribution in [-0.4, -0.2) is 30.8 Å². The zero-order valence-corrected chi connectivity index (χ0v) is 13.0. The molecule has 1 aromatic heterocycles. The normalized spacial score (nSPS) is 14.0. The molecule has 23 heavy (non-hydrogen) atoms. The first kappa shape index (κ1) is 18.7. The first-order valence-corrected chi connectivity index (χ1v) is 6.83. The number of H-pyrrole nitrogens is 1. The number of aromatic amines is 1. The number of anilines is 1. The monoisotopic (exact) mass is 334 g/mol. The number of rotatable bonds is 6. The Morgan fingerprint density at radius 1 is 1.30 bits per heavy atom. The van der Waals surface area contributed by atoms with Gasteiger partial charge in [-0.25, -0.2) is 15.1 Å². The van der Waals surface area contributed by atoms with Crippen molar-refractivity contribution in [1.82, 2.24) is 5.32 Å². The lowest BCUT2D eigenvalue weighted by Gasteiger charge is -2.30. The van der Waals surface area contributed by atoms with Gasteiger partial charge in [-0.15, -0.1) is 0 Å². The average molecular weight is 334 g/mol. The lowest BCUT2D eigenvalue weighted by atomic mass is 10.1. The SMILES string of the molecule is COC(=O)[C@](NC(=O)CC(C)C)(Nc1cccc[nH+]1)C(F)(F)F. The van der Waals surface area contributed by atoms with E-state index >= 15 is 0 Å². The summed E-state index contributed by atoms with van der Waals surface area (Å²) in [6.45, 7) is 3.34. The van der Waals surface area contributed by atoms with Gasteiger partial charge in [0, 0.05) is 12.5 Å². The van der Waals surface area contributed by atoms with Crippen molar-refractivity contribution in [3.05, 3.63) is 24.4 Å². The Labute approximate surface area is 131 Å². The van der Waals surface area contributed by atoms with Gasteiger partial charge in [0.15, 0.2) is 0 Å². The Morgan fingerprint density at radius 3 is 2.39 bits per heavy atom. The van der Waals surface area contributed by atoms with E-state index in [2.05, 4.69) is 9.72 Å². The quantitative estimate of drug-likeness (QED) is 0.610. The van der Waals surface area contributed by atoms with E-state index in [4.69, 9.17) is 0 Å². The van der Waals surface area contributed by atoms with Gasteiger partial charge < -0.3 is 4.74 Å². The second kappa shape index (κ2) is 7.30. The predicted molar refractivity (Wildman–Crippen MR) is 75.0 cm³/mol. The van der Waals surface area contributed by atoms with Gasteiger partial charge in [-0.2, -0.15) is 13.2 Å². The molecule has 0 saturated heterocycles. The second-order valence-electron chi connectivity index (χ2n) is 5.29. The van der Waals surface area contributed by atoms with Crippen LogP contribution >= 0.6 is 0 Å². The summed E-state index contributed by atoms with van der Waals surface area (Å²) in [7, 11) is 0.813. The van der Waals surface area contributed by atoms with E-state index in [9.17, 15) is 22.8 Å². The van der Waals surface area contributed by atoms with Gasteiger partial charge in [-0.1, -0.05) is 19.9 Å². The fraction of sp³-hybridized carbons (Fsp3) is 0.500. The molecule has 9 heteroatoms. The Morgan fingerprint density at radius 2 is 1.96 bits per heavy atom. The summed E-state index contributed by atoms with van der Waals surface area (Å²) >= 11 is 0. The summed E-state index contributed by atoms with van der Waals surface area (Å²) < 4.78 is 45.1. The highest BCUT2D eigenvalue weighted by atomic mass is 19.4. The van der Waals surface area contributed by atoms with E-state index in [0.717, 1.165) is 7.11 Å². The Hall–Kier alpha value is -2.32. The van der Waals surface area contributed by atoms with Crippen molar-refractivity contribution in [1.29, 1.82) is 0 Å². The van der Waals surface area contributed by atoms with Crippen LogP contribution in [0.3, 0.4) is 0 Å². The van der Waals surface area contributed by atoms with Crippen molar-refractivity contribution in [2.45, 2.75) is 32.1 Å². The molecule has 0 aliphatic rings. The third-order valence-electron chi connectivity index (χ3n) is 2.87. The molecule has 6 nitrogen and oxygen atoms in total. The first-order valence-electron chi connectivity index (χ1n) is 6.83. The fourth-order valence-electron chi connectivity index (χ4n) is 1.85. The summed E-state index contributed by atoms with van der Waals surface area (Å²) in [4.78, 5) is 26.2. The average Bonchev–Trinajstić information content (AvgIpc) is 2.44. The van der Waals surface area contributed by atoms with Gasteiger partial charge in [-0.3, -0.25) is 10.1 Å². The number of ether oxygens (including phenoxy) is 1. The van der Waals surface area contributed by atoms with Crippen LogP contribution in [0.25, 0.3) is 0 Å². The van der Waals surface area contributed by atoms with Gasteiger partial charge in [0.05, 0.1) is 13.3 Å². The Bertz CT molecular complexity index is 549. The standard InChI is InChI=1S/C14H18F3N3O3/c1-9(2)8-11(21)20-13(12(22)23-3,14(15,16)17)19-10-6-4-5-7-18-10/h4-7,9H,8H2,1-3H3,(H,18,19)(H,20,21)/p+1/t13-/m1/s1. The van der Waals surface area contributed by atoms with Crippen molar-refractivity contribution in [3.63, 3.8) is 0 Å². The third kappa shape index (κ3) is 4.57. The molecule has 1 amide bonds. The number of nitrogens with one attached hydrogen (secondary N) is 3. The smallest absolute Gasteiger partial charge is 0.464 e. The lowest BCUT2D eigenvalue weighted by molar-refractivity contribution is -0.363. The molecule has 1 heterocycles. The maximum absolute atomic E-state index is 13.6. The number of amides is 1. The molecule has 0 radical (unpaired) electrons.